The lowest BCUT2D eigenvalue weighted by Crippen LogP contribution is -2.29. The molecular formula is C29H26N2O7S. The van der Waals surface area contributed by atoms with Crippen molar-refractivity contribution in [2.75, 3.05) is 33.3 Å². The van der Waals surface area contributed by atoms with Crippen LogP contribution in [0.25, 0.3) is 16.0 Å². The summed E-state index contributed by atoms with van der Waals surface area (Å²) in [5.41, 5.74) is 2.47. The zero-order valence-electron chi connectivity index (χ0n) is 22.0. The average Bonchev–Trinajstić information content (AvgIpc) is 3.49. The molecule has 1 fully saturated rings. The number of rotatable bonds is 7. The van der Waals surface area contributed by atoms with Crippen LogP contribution in [0.1, 0.15) is 22.7 Å². The van der Waals surface area contributed by atoms with Gasteiger partial charge in [0, 0.05) is 5.56 Å². The number of carbonyl (C=O) groups excluding carboxylic acids is 2. The average molecular weight is 547 g/mol. The number of hydrogen-bond acceptors (Lipinski definition) is 9. The number of ether oxygens (including phenoxy) is 4. The number of nitrogens with zero attached hydrogens (tertiary/aromatic N) is 2. The number of aromatic nitrogens is 1. The number of Topliss-reactive ketones (excluding diaryl/α,β-unsaturated/α-hetero) is 1. The van der Waals surface area contributed by atoms with E-state index < -0.39 is 17.7 Å². The van der Waals surface area contributed by atoms with Crippen molar-refractivity contribution in [3.05, 3.63) is 76.9 Å². The van der Waals surface area contributed by atoms with E-state index in [1.807, 2.05) is 25.1 Å². The lowest BCUT2D eigenvalue weighted by molar-refractivity contribution is -0.132. The van der Waals surface area contributed by atoms with Crippen LogP contribution < -0.4 is 23.8 Å². The molecule has 0 radical (unpaired) electrons. The Morgan fingerprint density at radius 2 is 1.56 bits per heavy atom. The maximum absolute atomic E-state index is 13.6. The molecule has 200 valence electrons. The number of hydrogen-bond donors (Lipinski definition) is 1. The van der Waals surface area contributed by atoms with Crippen LogP contribution in [0, 0.1) is 6.92 Å². The van der Waals surface area contributed by atoms with Crippen LogP contribution in [0.5, 0.6) is 23.0 Å². The normalized spacial score (nSPS) is 16.5. The van der Waals surface area contributed by atoms with Crippen LogP contribution in [0.3, 0.4) is 0 Å². The standard InChI is InChI=1S/C29H26N2O7S/c1-15-6-11-19-22(12-15)39-29(30-19)31-24(17-13-20(36-3)27(38-5)21(14-17)37-4)23(26(33)28(31)34)25(32)16-7-9-18(35-2)10-8-16/h6-14,24,32H,1-5H3/t24-/m1/s1. The first-order chi connectivity index (χ1) is 18.8. The zero-order valence-corrected chi connectivity index (χ0v) is 22.8. The fourth-order valence-corrected chi connectivity index (χ4v) is 5.72. The van der Waals surface area contributed by atoms with E-state index in [4.69, 9.17) is 18.9 Å². The van der Waals surface area contributed by atoms with Crippen LogP contribution in [0.2, 0.25) is 0 Å². The highest BCUT2D eigenvalue weighted by Gasteiger charge is 2.48. The van der Waals surface area contributed by atoms with Crippen molar-refractivity contribution in [1.29, 1.82) is 0 Å². The molecule has 0 unspecified atom stereocenters. The monoisotopic (exact) mass is 546 g/mol. The van der Waals surface area contributed by atoms with E-state index in [9.17, 15) is 14.7 Å². The first-order valence-electron chi connectivity index (χ1n) is 11.9. The third kappa shape index (κ3) is 4.42. The van der Waals surface area contributed by atoms with Gasteiger partial charge in [-0.15, -0.1) is 0 Å². The van der Waals surface area contributed by atoms with Crippen molar-refractivity contribution in [3.8, 4) is 23.0 Å². The minimum atomic E-state index is -1.03. The molecule has 1 aliphatic rings. The van der Waals surface area contributed by atoms with Crippen LogP contribution in [-0.2, 0) is 9.59 Å². The highest BCUT2D eigenvalue weighted by atomic mass is 32.1. The molecule has 1 aliphatic heterocycles. The summed E-state index contributed by atoms with van der Waals surface area (Å²) < 4.78 is 22.6. The third-order valence-electron chi connectivity index (χ3n) is 6.55. The summed E-state index contributed by atoms with van der Waals surface area (Å²) in [6, 6.07) is 14.6. The highest BCUT2D eigenvalue weighted by molar-refractivity contribution is 7.22. The van der Waals surface area contributed by atoms with Gasteiger partial charge in [0.2, 0.25) is 5.75 Å². The second-order valence-corrected chi connectivity index (χ2v) is 9.83. The van der Waals surface area contributed by atoms with E-state index >= 15 is 0 Å². The smallest absolute Gasteiger partial charge is 0.301 e. The van der Waals surface area contributed by atoms with Crippen molar-refractivity contribution in [1.82, 2.24) is 4.98 Å². The fourth-order valence-electron chi connectivity index (χ4n) is 4.63. The molecule has 1 amide bonds. The lowest BCUT2D eigenvalue weighted by atomic mass is 9.94. The Labute approximate surface area is 228 Å². The molecule has 1 saturated heterocycles. The minimum absolute atomic E-state index is 0.0881. The molecule has 3 aromatic carbocycles. The van der Waals surface area contributed by atoms with Gasteiger partial charge in [-0.05, 0) is 66.6 Å². The number of aliphatic hydroxyl groups is 1. The molecule has 0 saturated carbocycles. The summed E-state index contributed by atoms with van der Waals surface area (Å²) in [6.07, 6.45) is 0. The number of aliphatic hydroxyl groups excluding tert-OH is 1. The third-order valence-corrected chi connectivity index (χ3v) is 7.57. The van der Waals surface area contributed by atoms with Crippen molar-refractivity contribution in [2.45, 2.75) is 13.0 Å². The van der Waals surface area contributed by atoms with Crippen molar-refractivity contribution in [3.63, 3.8) is 0 Å². The first kappa shape index (κ1) is 26.1. The van der Waals surface area contributed by atoms with E-state index in [2.05, 4.69) is 4.98 Å². The van der Waals surface area contributed by atoms with Gasteiger partial charge in [0.05, 0.1) is 50.3 Å². The van der Waals surface area contributed by atoms with Gasteiger partial charge in [0.25, 0.3) is 5.78 Å². The fraction of sp³-hybridized carbons (Fsp3) is 0.207. The van der Waals surface area contributed by atoms with Crippen molar-refractivity contribution < 1.29 is 33.6 Å². The van der Waals surface area contributed by atoms with Gasteiger partial charge in [-0.1, -0.05) is 17.4 Å². The van der Waals surface area contributed by atoms with Crippen LogP contribution in [0.15, 0.2) is 60.2 Å². The lowest BCUT2D eigenvalue weighted by Gasteiger charge is -2.24. The molecule has 2 heterocycles. The van der Waals surface area contributed by atoms with E-state index in [1.165, 1.54) is 44.7 Å². The number of ketones is 1. The van der Waals surface area contributed by atoms with Crippen molar-refractivity contribution in [2.24, 2.45) is 0 Å². The quantitative estimate of drug-likeness (QED) is 0.190. The largest absolute Gasteiger partial charge is 0.507 e. The molecule has 0 bridgehead atoms. The van der Waals surface area contributed by atoms with Gasteiger partial charge in [-0.25, -0.2) is 4.98 Å². The predicted molar refractivity (Wildman–Crippen MR) is 148 cm³/mol. The molecular weight excluding hydrogens is 520 g/mol. The number of amides is 1. The van der Waals surface area contributed by atoms with Crippen molar-refractivity contribution >= 4 is 44.1 Å². The van der Waals surface area contributed by atoms with Gasteiger partial charge < -0.3 is 24.1 Å². The number of carbonyl (C=O) groups is 2. The Bertz CT molecular complexity index is 1600. The summed E-state index contributed by atoms with van der Waals surface area (Å²) in [5, 5.41) is 11.8. The summed E-state index contributed by atoms with van der Waals surface area (Å²) in [4.78, 5) is 33.2. The molecule has 1 aromatic heterocycles. The topological polar surface area (TPSA) is 107 Å². The minimum Gasteiger partial charge on any atom is -0.507 e. The summed E-state index contributed by atoms with van der Waals surface area (Å²) in [7, 11) is 5.97. The maximum Gasteiger partial charge on any atom is 0.301 e. The molecule has 10 heteroatoms. The van der Waals surface area contributed by atoms with Crippen LogP contribution in [-0.4, -0.2) is 50.2 Å². The number of thiazole rings is 1. The molecule has 9 nitrogen and oxygen atoms in total. The molecule has 5 rings (SSSR count). The number of fused-ring (bicyclic) bond motifs is 1. The number of aryl methyl sites for hydroxylation is 1. The van der Waals surface area contributed by atoms with E-state index in [1.54, 1.807) is 36.4 Å². The SMILES string of the molecule is COc1ccc(C(O)=C2C(=O)C(=O)N(c3nc4ccc(C)cc4s3)[C@@H]2c2cc(OC)c(OC)c(OC)c2)cc1. The van der Waals surface area contributed by atoms with E-state index in [0.29, 0.717) is 44.8 Å². The van der Waals surface area contributed by atoms with Gasteiger partial charge in [-0.2, -0.15) is 0 Å². The highest BCUT2D eigenvalue weighted by Crippen LogP contribution is 2.48. The Balaban J connectivity index is 1.77. The van der Waals surface area contributed by atoms with Crippen LogP contribution >= 0.6 is 11.3 Å². The Morgan fingerprint density at radius 1 is 0.897 bits per heavy atom. The number of methoxy groups -OCH3 is 4. The molecule has 1 atom stereocenters. The molecule has 0 aliphatic carbocycles. The van der Waals surface area contributed by atoms with Gasteiger partial charge >= 0.3 is 5.91 Å². The second-order valence-electron chi connectivity index (χ2n) is 8.82. The molecule has 0 spiro atoms. The van der Waals surface area contributed by atoms with E-state index in [-0.39, 0.29) is 11.3 Å². The number of anilines is 1. The Hall–Kier alpha value is -4.57. The Kier molecular flexibility index (Phi) is 6.88. The van der Waals surface area contributed by atoms with Gasteiger partial charge in [0.15, 0.2) is 16.6 Å². The van der Waals surface area contributed by atoms with Crippen LogP contribution in [0.4, 0.5) is 5.13 Å². The zero-order chi connectivity index (χ0) is 27.8. The molecule has 39 heavy (non-hydrogen) atoms. The van der Waals surface area contributed by atoms with Gasteiger partial charge in [-0.3, -0.25) is 14.5 Å². The van der Waals surface area contributed by atoms with Gasteiger partial charge in [0.1, 0.15) is 11.5 Å². The van der Waals surface area contributed by atoms with E-state index in [0.717, 1.165) is 10.3 Å². The molecule has 1 N–H and O–H groups in total. The predicted octanol–water partition coefficient (Wildman–Crippen LogP) is 5.27. The maximum atomic E-state index is 13.6. The summed E-state index contributed by atoms with van der Waals surface area (Å²) in [6.45, 7) is 1.97. The summed E-state index contributed by atoms with van der Waals surface area (Å²) >= 11 is 1.29. The Morgan fingerprint density at radius 3 is 2.15 bits per heavy atom. The number of benzene rings is 3. The molecule has 4 aromatic rings. The second kappa shape index (κ2) is 10.3. The summed E-state index contributed by atoms with van der Waals surface area (Å²) in [5.74, 6) is -0.362. The first-order valence-corrected chi connectivity index (χ1v) is 12.8.